The Bertz CT molecular complexity index is 201. The molecule has 0 saturated heterocycles. The van der Waals surface area contributed by atoms with E-state index in [1.165, 1.54) is 7.11 Å². The fraction of sp³-hybridized carbons (Fsp3) is 0.667. The van der Waals surface area contributed by atoms with E-state index in [2.05, 4.69) is 4.74 Å². The Morgan fingerprint density at radius 2 is 2.33 bits per heavy atom. The van der Waals surface area contributed by atoms with Gasteiger partial charge in [-0.1, -0.05) is 19.1 Å². The Hall–Kier alpha value is -0.830. The lowest BCUT2D eigenvalue weighted by molar-refractivity contribution is -0.147. The van der Waals surface area contributed by atoms with E-state index in [0.29, 0.717) is 0 Å². The average Bonchev–Trinajstić information content (AvgIpc) is 2.03. The molecule has 0 aromatic heterocycles. The third-order valence-corrected chi connectivity index (χ3v) is 2.37. The van der Waals surface area contributed by atoms with E-state index < -0.39 is 0 Å². The maximum absolute atomic E-state index is 11.3. The number of carbonyl (C=O) groups is 1. The van der Waals surface area contributed by atoms with Gasteiger partial charge in [0.05, 0.1) is 13.0 Å². The summed E-state index contributed by atoms with van der Waals surface area (Å²) in [6.07, 6.45) is 4.81. The molecular formula is C9H15NO2. The first-order valence-electron chi connectivity index (χ1n) is 4.17. The van der Waals surface area contributed by atoms with Crippen molar-refractivity contribution in [1.82, 2.24) is 0 Å². The largest absolute Gasteiger partial charge is 0.469 e. The number of hydrogen-bond donors (Lipinski definition) is 1. The van der Waals surface area contributed by atoms with Crippen LogP contribution < -0.4 is 5.73 Å². The Labute approximate surface area is 72.6 Å². The molecule has 1 aliphatic rings. The minimum absolute atomic E-state index is 0.167. The van der Waals surface area contributed by atoms with Crippen LogP contribution in [0.2, 0.25) is 0 Å². The van der Waals surface area contributed by atoms with Crippen molar-refractivity contribution in [1.29, 1.82) is 0 Å². The van der Waals surface area contributed by atoms with Gasteiger partial charge in [-0.15, -0.1) is 0 Å². The SMILES string of the molecule is COC(=O)[C@@H]1C(N)C=CCC1C. The van der Waals surface area contributed by atoms with Crippen LogP contribution in [0, 0.1) is 11.8 Å². The standard InChI is InChI=1S/C9H15NO2/c1-6-4-3-5-7(10)8(6)9(11)12-2/h3,5-8H,4,10H2,1-2H3/t6?,7?,8-/m0/s1. The molecule has 1 rings (SSSR count). The van der Waals surface area contributed by atoms with E-state index in [-0.39, 0.29) is 23.8 Å². The number of esters is 1. The molecule has 0 aromatic rings. The highest BCUT2D eigenvalue weighted by molar-refractivity contribution is 5.74. The van der Waals surface area contributed by atoms with Gasteiger partial charge in [0, 0.05) is 6.04 Å². The maximum Gasteiger partial charge on any atom is 0.310 e. The third kappa shape index (κ3) is 1.67. The smallest absolute Gasteiger partial charge is 0.310 e. The van der Waals surface area contributed by atoms with Crippen LogP contribution in [-0.4, -0.2) is 19.1 Å². The van der Waals surface area contributed by atoms with Crippen molar-refractivity contribution in [2.24, 2.45) is 17.6 Å². The molecule has 0 fully saturated rings. The molecule has 0 bridgehead atoms. The van der Waals surface area contributed by atoms with E-state index in [0.717, 1.165) is 6.42 Å². The Kier molecular flexibility index (Phi) is 2.87. The highest BCUT2D eigenvalue weighted by atomic mass is 16.5. The normalized spacial score (nSPS) is 34.8. The van der Waals surface area contributed by atoms with Crippen molar-refractivity contribution in [3.63, 3.8) is 0 Å². The highest BCUT2D eigenvalue weighted by Crippen LogP contribution is 2.25. The van der Waals surface area contributed by atoms with Gasteiger partial charge in [0.25, 0.3) is 0 Å². The second-order valence-corrected chi connectivity index (χ2v) is 3.27. The number of allylic oxidation sites excluding steroid dienone is 1. The molecule has 0 aliphatic heterocycles. The van der Waals surface area contributed by atoms with Crippen molar-refractivity contribution in [3.05, 3.63) is 12.2 Å². The van der Waals surface area contributed by atoms with Gasteiger partial charge in [0.2, 0.25) is 0 Å². The van der Waals surface area contributed by atoms with Gasteiger partial charge in [-0.3, -0.25) is 4.79 Å². The molecule has 0 spiro atoms. The zero-order valence-corrected chi connectivity index (χ0v) is 7.49. The van der Waals surface area contributed by atoms with Crippen molar-refractivity contribution >= 4 is 5.97 Å². The Morgan fingerprint density at radius 3 is 2.83 bits per heavy atom. The van der Waals surface area contributed by atoms with E-state index in [9.17, 15) is 4.79 Å². The number of carbonyl (C=O) groups excluding carboxylic acids is 1. The van der Waals surface area contributed by atoms with E-state index >= 15 is 0 Å². The first-order valence-corrected chi connectivity index (χ1v) is 4.17. The molecule has 0 aromatic carbocycles. The van der Waals surface area contributed by atoms with Crippen LogP contribution in [0.3, 0.4) is 0 Å². The van der Waals surface area contributed by atoms with Gasteiger partial charge in [0.15, 0.2) is 0 Å². The molecule has 3 heteroatoms. The van der Waals surface area contributed by atoms with Gasteiger partial charge in [-0.25, -0.2) is 0 Å². The van der Waals surface area contributed by atoms with Crippen molar-refractivity contribution in [2.45, 2.75) is 19.4 Å². The first-order chi connectivity index (χ1) is 5.66. The second kappa shape index (κ2) is 3.72. The molecule has 68 valence electrons. The molecule has 0 amide bonds. The quantitative estimate of drug-likeness (QED) is 0.464. The average molecular weight is 169 g/mol. The summed E-state index contributed by atoms with van der Waals surface area (Å²) in [5.41, 5.74) is 5.76. The Morgan fingerprint density at radius 1 is 1.67 bits per heavy atom. The first kappa shape index (κ1) is 9.26. The van der Waals surface area contributed by atoms with Crippen molar-refractivity contribution in [2.75, 3.05) is 7.11 Å². The molecule has 3 atom stereocenters. The number of ether oxygens (including phenoxy) is 1. The van der Waals surface area contributed by atoms with Crippen LogP contribution in [0.4, 0.5) is 0 Å². The van der Waals surface area contributed by atoms with Gasteiger partial charge in [-0.05, 0) is 12.3 Å². The zero-order valence-electron chi connectivity index (χ0n) is 7.49. The van der Waals surface area contributed by atoms with Crippen molar-refractivity contribution in [3.8, 4) is 0 Å². The lowest BCUT2D eigenvalue weighted by atomic mass is 9.81. The fourth-order valence-electron chi connectivity index (χ4n) is 1.62. The van der Waals surface area contributed by atoms with Crippen LogP contribution in [0.5, 0.6) is 0 Å². The van der Waals surface area contributed by atoms with Gasteiger partial charge in [-0.2, -0.15) is 0 Å². The summed E-state index contributed by atoms with van der Waals surface area (Å²) < 4.78 is 4.68. The molecule has 0 radical (unpaired) electrons. The fourth-order valence-corrected chi connectivity index (χ4v) is 1.62. The molecule has 0 saturated carbocycles. The van der Waals surface area contributed by atoms with E-state index in [1.807, 2.05) is 19.1 Å². The topological polar surface area (TPSA) is 52.3 Å². The number of nitrogens with two attached hydrogens (primary N) is 1. The summed E-state index contributed by atoms with van der Waals surface area (Å²) in [5.74, 6) is -0.0724. The van der Waals surface area contributed by atoms with Crippen LogP contribution in [0.25, 0.3) is 0 Å². The molecule has 12 heavy (non-hydrogen) atoms. The third-order valence-electron chi connectivity index (χ3n) is 2.37. The summed E-state index contributed by atoms with van der Waals surface area (Å²) in [6.45, 7) is 2.02. The number of rotatable bonds is 1. The molecule has 3 nitrogen and oxygen atoms in total. The minimum Gasteiger partial charge on any atom is -0.469 e. The predicted octanol–water partition coefficient (Wildman–Crippen LogP) is 0.699. The summed E-state index contributed by atoms with van der Waals surface area (Å²) >= 11 is 0. The summed E-state index contributed by atoms with van der Waals surface area (Å²) in [7, 11) is 1.40. The van der Waals surface area contributed by atoms with Crippen LogP contribution in [0.1, 0.15) is 13.3 Å². The number of methoxy groups -OCH3 is 1. The summed E-state index contributed by atoms with van der Waals surface area (Å²) in [6, 6.07) is -0.179. The summed E-state index contributed by atoms with van der Waals surface area (Å²) in [4.78, 5) is 11.3. The molecular weight excluding hydrogens is 154 g/mol. The van der Waals surface area contributed by atoms with Gasteiger partial charge in [0.1, 0.15) is 0 Å². The van der Waals surface area contributed by atoms with Crippen molar-refractivity contribution < 1.29 is 9.53 Å². The highest BCUT2D eigenvalue weighted by Gasteiger charge is 2.32. The van der Waals surface area contributed by atoms with Gasteiger partial charge >= 0.3 is 5.97 Å². The molecule has 2 unspecified atom stereocenters. The predicted molar refractivity (Wildman–Crippen MR) is 46.4 cm³/mol. The molecule has 0 heterocycles. The van der Waals surface area contributed by atoms with E-state index in [1.54, 1.807) is 0 Å². The van der Waals surface area contributed by atoms with E-state index in [4.69, 9.17) is 5.73 Å². The van der Waals surface area contributed by atoms with Crippen LogP contribution in [0.15, 0.2) is 12.2 Å². The maximum atomic E-state index is 11.3. The lowest BCUT2D eigenvalue weighted by Gasteiger charge is -2.27. The lowest BCUT2D eigenvalue weighted by Crippen LogP contribution is -2.40. The van der Waals surface area contributed by atoms with Crippen LogP contribution in [-0.2, 0) is 9.53 Å². The summed E-state index contributed by atoms with van der Waals surface area (Å²) in [5, 5.41) is 0. The van der Waals surface area contributed by atoms with Gasteiger partial charge < -0.3 is 10.5 Å². The molecule has 1 aliphatic carbocycles. The minimum atomic E-state index is -0.195. The molecule has 2 N–H and O–H groups in total. The monoisotopic (exact) mass is 169 g/mol. The Balaban J connectivity index is 2.72. The zero-order chi connectivity index (χ0) is 9.14. The number of hydrogen-bond acceptors (Lipinski definition) is 3. The van der Waals surface area contributed by atoms with Crippen LogP contribution >= 0.6 is 0 Å². The second-order valence-electron chi connectivity index (χ2n) is 3.27.